The first-order valence-corrected chi connectivity index (χ1v) is 11.2. The van der Waals surface area contributed by atoms with Gasteiger partial charge in [0, 0.05) is 18.8 Å². The smallest absolute Gasteiger partial charge is 0.328 e. The number of imide groups is 1. The monoisotopic (exact) mass is 495 g/mol. The molecule has 0 bridgehead atoms. The summed E-state index contributed by atoms with van der Waals surface area (Å²) in [6.45, 7) is -0.474. The minimum absolute atomic E-state index is 0.416. The van der Waals surface area contributed by atoms with Gasteiger partial charge >= 0.3 is 12.0 Å². The van der Waals surface area contributed by atoms with Gasteiger partial charge in [-0.15, -0.1) is 0 Å². The molecule has 0 aliphatic carbocycles. The molecule has 0 spiro atoms. The molecule has 35 heavy (non-hydrogen) atoms. The number of carbonyl (C=O) groups is 3. The number of halogens is 1. The summed E-state index contributed by atoms with van der Waals surface area (Å²) in [4.78, 5) is 48.9. The molecule has 0 radical (unpaired) electrons. The zero-order valence-electron chi connectivity index (χ0n) is 19.2. The Kier molecular flexibility index (Phi) is 5.60. The third-order valence-electron chi connectivity index (χ3n) is 6.19. The van der Waals surface area contributed by atoms with Crippen LogP contribution >= 0.6 is 11.6 Å². The number of likely N-dealkylation sites (N-methyl/N-ethyl adjacent to an activating group) is 1. The third-order valence-corrected chi connectivity index (χ3v) is 6.48. The molecule has 3 heterocycles. The molecule has 0 aromatic heterocycles. The molecule has 3 aliphatic heterocycles. The fourth-order valence-corrected chi connectivity index (χ4v) is 4.69. The average Bonchev–Trinajstić information content (AvgIpc) is 3.42. The van der Waals surface area contributed by atoms with Crippen molar-refractivity contribution in [3.63, 3.8) is 0 Å². The van der Waals surface area contributed by atoms with Crippen LogP contribution in [0.2, 0.25) is 5.02 Å². The van der Waals surface area contributed by atoms with Gasteiger partial charge in [-0.25, -0.2) is 9.79 Å². The molecule has 2 atom stereocenters. The minimum Gasteiger partial charge on any atom is -0.495 e. The van der Waals surface area contributed by atoms with Crippen LogP contribution in [-0.2, 0) is 14.3 Å². The van der Waals surface area contributed by atoms with Crippen LogP contribution < -0.4 is 9.64 Å². The fraction of sp³-hybridized carbons (Fsp3) is 0.250. The maximum absolute atomic E-state index is 13.5. The number of benzene rings is 2. The number of guanidine groups is 1. The highest BCUT2D eigenvalue weighted by atomic mass is 35.5. The number of methoxy groups -OCH3 is 2. The summed E-state index contributed by atoms with van der Waals surface area (Å²) in [6, 6.07) is 13.6. The molecule has 1 saturated heterocycles. The van der Waals surface area contributed by atoms with E-state index in [-0.39, 0.29) is 0 Å². The summed E-state index contributed by atoms with van der Waals surface area (Å²) in [6.07, 6.45) is 1.07. The maximum Gasteiger partial charge on any atom is 0.328 e. The topological polar surface area (TPSA) is 95.0 Å². The Balaban J connectivity index is 1.60. The normalized spacial score (nSPS) is 21.0. The van der Waals surface area contributed by atoms with E-state index >= 15 is 0 Å². The Hall–Kier alpha value is -4.05. The van der Waals surface area contributed by atoms with Crippen molar-refractivity contribution in [1.82, 2.24) is 14.7 Å². The molecular formula is C24H22ClN5O5. The average molecular weight is 496 g/mol. The summed E-state index contributed by atoms with van der Waals surface area (Å²) in [7, 11) is 4.30. The molecule has 10 nitrogen and oxygen atoms in total. The summed E-state index contributed by atoms with van der Waals surface area (Å²) < 4.78 is 9.97. The van der Waals surface area contributed by atoms with Crippen molar-refractivity contribution in [2.24, 2.45) is 4.99 Å². The first-order valence-electron chi connectivity index (χ1n) is 10.8. The van der Waals surface area contributed by atoms with Crippen molar-refractivity contribution in [2.75, 3.05) is 32.7 Å². The summed E-state index contributed by atoms with van der Waals surface area (Å²) in [5.74, 6) is -0.222. The summed E-state index contributed by atoms with van der Waals surface area (Å²) in [5, 5.41) is 0.416. The van der Waals surface area contributed by atoms with Crippen LogP contribution in [0.4, 0.5) is 10.5 Å². The van der Waals surface area contributed by atoms with Gasteiger partial charge in [0.15, 0.2) is 12.2 Å². The van der Waals surface area contributed by atoms with Crippen molar-refractivity contribution in [2.45, 2.75) is 12.2 Å². The lowest BCUT2D eigenvalue weighted by atomic mass is 10.1. The predicted octanol–water partition coefficient (Wildman–Crippen LogP) is 2.60. The van der Waals surface area contributed by atoms with E-state index in [4.69, 9.17) is 21.3 Å². The second kappa shape index (κ2) is 8.62. The van der Waals surface area contributed by atoms with Crippen molar-refractivity contribution >= 4 is 46.9 Å². The first-order chi connectivity index (χ1) is 16.8. The highest BCUT2D eigenvalue weighted by molar-refractivity contribution is 6.32. The lowest BCUT2D eigenvalue weighted by Crippen LogP contribution is -2.65. The molecular weight excluding hydrogens is 474 g/mol. The number of anilines is 1. The Morgan fingerprint density at radius 2 is 1.86 bits per heavy atom. The molecule has 2 aromatic carbocycles. The van der Waals surface area contributed by atoms with Crippen LogP contribution in [0.3, 0.4) is 0 Å². The van der Waals surface area contributed by atoms with Crippen molar-refractivity contribution in [3.8, 4) is 5.75 Å². The van der Waals surface area contributed by atoms with Gasteiger partial charge in [0.25, 0.3) is 5.91 Å². The van der Waals surface area contributed by atoms with Crippen molar-refractivity contribution < 1.29 is 23.9 Å². The van der Waals surface area contributed by atoms with E-state index < -0.39 is 36.7 Å². The number of aliphatic imine (C=N–C) groups is 1. The fourth-order valence-electron chi connectivity index (χ4n) is 4.44. The standard InChI is InChI=1S/C24H22ClN5O5/c1-27-21-20(22(32)29(24(27)33)13-19(31)35-3)28-12-17(14-7-5-4-6-8-14)30(23(28)26-21)15-9-10-18(34-2)16(25)11-15/h4-12,20-21H,13H2,1-3H3. The quantitative estimate of drug-likeness (QED) is 0.588. The molecule has 3 aliphatic rings. The van der Waals surface area contributed by atoms with Gasteiger partial charge in [0.05, 0.1) is 30.6 Å². The molecule has 0 N–H and O–H groups in total. The van der Waals surface area contributed by atoms with Gasteiger partial charge in [0.1, 0.15) is 12.3 Å². The van der Waals surface area contributed by atoms with E-state index in [1.807, 2.05) is 47.5 Å². The number of esters is 1. The molecule has 11 heteroatoms. The van der Waals surface area contributed by atoms with E-state index in [9.17, 15) is 14.4 Å². The molecule has 180 valence electrons. The van der Waals surface area contributed by atoms with Gasteiger partial charge in [-0.3, -0.25) is 24.3 Å². The number of fused-ring (bicyclic) bond motifs is 3. The lowest BCUT2D eigenvalue weighted by Gasteiger charge is -2.39. The van der Waals surface area contributed by atoms with Crippen LogP contribution in [0.15, 0.2) is 59.7 Å². The van der Waals surface area contributed by atoms with Crippen molar-refractivity contribution in [1.29, 1.82) is 0 Å². The predicted molar refractivity (Wildman–Crippen MR) is 129 cm³/mol. The van der Waals surface area contributed by atoms with E-state index in [0.29, 0.717) is 22.4 Å². The number of hydrogen-bond acceptors (Lipinski definition) is 8. The number of amides is 3. The lowest BCUT2D eigenvalue weighted by molar-refractivity contribution is -0.148. The number of urea groups is 1. The van der Waals surface area contributed by atoms with E-state index in [0.717, 1.165) is 16.2 Å². The van der Waals surface area contributed by atoms with Crippen LogP contribution in [0.1, 0.15) is 5.56 Å². The maximum atomic E-state index is 13.5. The van der Waals surface area contributed by atoms with E-state index in [1.165, 1.54) is 19.1 Å². The van der Waals surface area contributed by atoms with Gasteiger partial charge in [-0.05, 0) is 18.2 Å². The van der Waals surface area contributed by atoms with Crippen LogP contribution in [0.25, 0.3) is 5.70 Å². The number of carbonyl (C=O) groups excluding carboxylic acids is 3. The Morgan fingerprint density at radius 1 is 1.11 bits per heavy atom. The SMILES string of the molecule is COC(=O)CN1C(=O)C2C(N=C3N(c4ccc(OC)c(Cl)c4)C(c4ccccc4)=CN32)N(C)C1=O. The number of hydrogen-bond donors (Lipinski definition) is 0. The number of rotatable bonds is 5. The zero-order valence-corrected chi connectivity index (χ0v) is 20.0. The number of nitrogens with zero attached hydrogens (tertiary/aromatic N) is 5. The van der Waals surface area contributed by atoms with E-state index in [1.54, 1.807) is 24.1 Å². The second-order valence-corrected chi connectivity index (χ2v) is 8.53. The Bertz CT molecular complexity index is 1280. The number of ether oxygens (including phenoxy) is 2. The van der Waals surface area contributed by atoms with Gasteiger partial charge < -0.3 is 14.4 Å². The Morgan fingerprint density at radius 3 is 2.51 bits per heavy atom. The molecule has 1 fully saturated rings. The van der Waals surface area contributed by atoms with E-state index in [2.05, 4.69) is 4.74 Å². The molecule has 5 rings (SSSR count). The zero-order chi connectivity index (χ0) is 24.9. The minimum atomic E-state index is -0.838. The highest BCUT2D eigenvalue weighted by Gasteiger charge is 2.55. The summed E-state index contributed by atoms with van der Waals surface area (Å²) >= 11 is 6.43. The van der Waals surface area contributed by atoms with Crippen LogP contribution in [0, 0.1) is 0 Å². The van der Waals surface area contributed by atoms with Crippen LogP contribution in [0.5, 0.6) is 5.75 Å². The van der Waals surface area contributed by atoms with Crippen LogP contribution in [-0.4, -0.2) is 78.6 Å². The molecule has 0 saturated carbocycles. The summed E-state index contributed by atoms with van der Waals surface area (Å²) in [5.41, 5.74) is 2.38. The largest absolute Gasteiger partial charge is 0.495 e. The highest BCUT2D eigenvalue weighted by Crippen LogP contribution is 2.41. The van der Waals surface area contributed by atoms with Gasteiger partial charge in [-0.2, -0.15) is 0 Å². The molecule has 2 aromatic rings. The second-order valence-electron chi connectivity index (χ2n) is 8.12. The first kappa shape index (κ1) is 22.7. The van der Waals surface area contributed by atoms with Crippen molar-refractivity contribution in [3.05, 3.63) is 65.3 Å². The van der Waals surface area contributed by atoms with Gasteiger partial charge in [-0.1, -0.05) is 41.9 Å². The molecule has 2 unspecified atom stereocenters. The third kappa shape index (κ3) is 3.57. The molecule has 3 amide bonds. The Labute approximate surface area is 206 Å². The van der Waals surface area contributed by atoms with Gasteiger partial charge in [0.2, 0.25) is 5.96 Å².